The average molecular weight is 179 g/mol. The van der Waals surface area contributed by atoms with Gasteiger partial charge in [0.25, 0.3) is 0 Å². The van der Waals surface area contributed by atoms with Gasteiger partial charge in [-0.2, -0.15) is 0 Å². The SMILES string of the molecule is C1COCC2(CC[NH2+]C2)N1.[Cl-]. The Morgan fingerprint density at radius 2 is 2.36 bits per heavy atom. The molecule has 0 saturated carbocycles. The van der Waals surface area contributed by atoms with Crippen LogP contribution in [0.4, 0.5) is 0 Å². The quantitative estimate of drug-likeness (QED) is 0.392. The van der Waals surface area contributed by atoms with E-state index in [4.69, 9.17) is 4.74 Å². The Bertz CT molecular complexity index is 118. The normalized spacial score (nSPS) is 37.1. The minimum Gasteiger partial charge on any atom is -1.00 e. The van der Waals surface area contributed by atoms with Crippen molar-refractivity contribution in [1.82, 2.24) is 5.32 Å². The lowest BCUT2D eigenvalue weighted by atomic mass is 9.99. The summed E-state index contributed by atoms with van der Waals surface area (Å²) in [5, 5.41) is 5.90. The molecule has 0 aliphatic carbocycles. The minimum absolute atomic E-state index is 0. The van der Waals surface area contributed by atoms with Crippen molar-refractivity contribution in [3.8, 4) is 0 Å². The molecule has 2 heterocycles. The smallest absolute Gasteiger partial charge is 0.0967 e. The summed E-state index contributed by atoms with van der Waals surface area (Å²) in [6, 6.07) is 0. The van der Waals surface area contributed by atoms with Gasteiger partial charge in [0.05, 0.1) is 31.8 Å². The zero-order valence-electron chi connectivity index (χ0n) is 6.61. The Kier molecular flexibility index (Phi) is 3.13. The maximum Gasteiger partial charge on any atom is 0.0967 e. The van der Waals surface area contributed by atoms with Crippen LogP contribution in [0.2, 0.25) is 0 Å². The highest BCUT2D eigenvalue weighted by Crippen LogP contribution is 2.13. The summed E-state index contributed by atoms with van der Waals surface area (Å²) >= 11 is 0. The van der Waals surface area contributed by atoms with Crippen LogP contribution in [0, 0.1) is 0 Å². The Morgan fingerprint density at radius 3 is 2.91 bits per heavy atom. The van der Waals surface area contributed by atoms with Gasteiger partial charge in [-0.3, -0.25) is 0 Å². The molecule has 1 spiro atoms. The zero-order valence-corrected chi connectivity index (χ0v) is 7.36. The van der Waals surface area contributed by atoms with E-state index in [9.17, 15) is 0 Å². The van der Waals surface area contributed by atoms with E-state index in [2.05, 4.69) is 10.6 Å². The van der Waals surface area contributed by atoms with E-state index in [1.165, 1.54) is 19.5 Å². The number of hydrogen-bond donors (Lipinski definition) is 2. The molecule has 0 aromatic heterocycles. The van der Waals surface area contributed by atoms with Crippen molar-refractivity contribution >= 4 is 0 Å². The van der Waals surface area contributed by atoms with E-state index in [1.807, 2.05) is 0 Å². The van der Waals surface area contributed by atoms with Crippen molar-refractivity contribution in [3.63, 3.8) is 0 Å². The third-order valence-corrected chi connectivity index (χ3v) is 2.49. The van der Waals surface area contributed by atoms with E-state index in [-0.39, 0.29) is 12.4 Å². The second-order valence-corrected chi connectivity index (χ2v) is 3.29. The van der Waals surface area contributed by atoms with E-state index >= 15 is 0 Å². The fraction of sp³-hybridized carbons (Fsp3) is 1.00. The Morgan fingerprint density at radius 1 is 1.45 bits per heavy atom. The highest BCUT2D eigenvalue weighted by Gasteiger charge is 2.38. The first-order valence-corrected chi connectivity index (χ1v) is 4.06. The van der Waals surface area contributed by atoms with Crippen LogP contribution in [-0.2, 0) is 4.74 Å². The van der Waals surface area contributed by atoms with Gasteiger partial charge in [-0.1, -0.05) is 0 Å². The molecule has 4 heteroatoms. The summed E-state index contributed by atoms with van der Waals surface area (Å²) in [6.45, 7) is 5.31. The Balaban J connectivity index is 0.000000605. The van der Waals surface area contributed by atoms with E-state index in [0.717, 1.165) is 19.8 Å². The zero-order chi connectivity index (χ0) is 6.86. The molecule has 0 radical (unpaired) electrons. The predicted molar refractivity (Wildman–Crippen MR) is 37.8 cm³/mol. The molecule has 0 aromatic rings. The van der Waals surface area contributed by atoms with E-state index in [1.54, 1.807) is 0 Å². The molecule has 0 amide bonds. The van der Waals surface area contributed by atoms with Crippen LogP contribution >= 0.6 is 0 Å². The van der Waals surface area contributed by atoms with Gasteiger partial charge >= 0.3 is 0 Å². The van der Waals surface area contributed by atoms with Gasteiger partial charge in [0, 0.05) is 13.0 Å². The molecule has 2 aliphatic heterocycles. The first kappa shape index (κ1) is 9.26. The third-order valence-electron chi connectivity index (χ3n) is 2.49. The van der Waals surface area contributed by atoms with Crippen molar-refractivity contribution in [2.45, 2.75) is 12.0 Å². The lowest BCUT2D eigenvalue weighted by Crippen LogP contribution is -3.00. The van der Waals surface area contributed by atoms with Crippen molar-refractivity contribution < 1.29 is 22.5 Å². The van der Waals surface area contributed by atoms with Crippen LogP contribution in [0.3, 0.4) is 0 Å². The molecule has 11 heavy (non-hydrogen) atoms. The molecule has 2 aliphatic rings. The molecule has 3 N–H and O–H groups in total. The first-order chi connectivity index (χ1) is 4.91. The van der Waals surface area contributed by atoms with Gasteiger partial charge in [-0.15, -0.1) is 0 Å². The van der Waals surface area contributed by atoms with Gasteiger partial charge in [-0.25, -0.2) is 0 Å². The second-order valence-electron chi connectivity index (χ2n) is 3.29. The number of rotatable bonds is 0. The maximum absolute atomic E-state index is 5.42. The van der Waals surface area contributed by atoms with Crippen LogP contribution in [0.5, 0.6) is 0 Å². The lowest BCUT2D eigenvalue weighted by Gasteiger charge is -2.31. The second kappa shape index (κ2) is 3.72. The van der Waals surface area contributed by atoms with Crippen molar-refractivity contribution in [2.75, 3.05) is 32.8 Å². The van der Waals surface area contributed by atoms with Gasteiger partial charge < -0.3 is 27.8 Å². The summed E-state index contributed by atoms with van der Waals surface area (Å²) in [7, 11) is 0. The molecule has 66 valence electrons. The van der Waals surface area contributed by atoms with Crippen LogP contribution in [0.25, 0.3) is 0 Å². The molecule has 2 saturated heterocycles. The standard InChI is InChI=1S/C7H14N2O.ClH/c1-2-8-5-7(1)6-10-4-3-9-7;/h8-9H,1-6H2;1H. The van der Waals surface area contributed by atoms with E-state index in [0.29, 0.717) is 5.54 Å². The van der Waals surface area contributed by atoms with Crippen LogP contribution < -0.4 is 23.0 Å². The summed E-state index contributed by atoms with van der Waals surface area (Å²) in [4.78, 5) is 0. The molecule has 0 bridgehead atoms. The molecular weight excluding hydrogens is 164 g/mol. The predicted octanol–water partition coefficient (Wildman–Crippen LogP) is -4.68. The molecule has 1 unspecified atom stereocenters. The molecule has 3 nitrogen and oxygen atoms in total. The highest BCUT2D eigenvalue weighted by atomic mass is 35.5. The largest absolute Gasteiger partial charge is 1.00 e. The Labute approximate surface area is 73.3 Å². The fourth-order valence-corrected chi connectivity index (χ4v) is 1.86. The van der Waals surface area contributed by atoms with E-state index < -0.39 is 0 Å². The van der Waals surface area contributed by atoms with Crippen molar-refractivity contribution in [3.05, 3.63) is 0 Å². The average Bonchev–Trinajstić information content (AvgIpc) is 2.39. The number of nitrogens with two attached hydrogens (primary N) is 1. The first-order valence-electron chi connectivity index (χ1n) is 4.06. The van der Waals surface area contributed by atoms with Gasteiger partial charge in [0.2, 0.25) is 0 Å². The number of nitrogens with one attached hydrogen (secondary N) is 1. The number of quaternary nitrogens is 1. The number of morpholine rings is 1. The number of halogens is 1. The molecular formula is C7H15ClN2O. The molecule has 2 rings (SSSR count). The molecule has 1 atom stereocenters. The third kappa shape index (κ3) is 1.85. The molecule has 0 aromatic carbocycles. The topological polar surface area (TPSA) is 37.9 Å². The summed E-state index contributed by atoms with van der Waals surface area (Å²) in [5.74, 6) is 0. The number of ether oxygens (including phenoxy) is 1. The van der Waals surface area contributed by atoms with Gasteiger partial charge in [-0.05, 0) is 0 Å². The highest BCUT2D eigenvalue weighted by molar-refractivity contribution is 4.91. The van der Waals surface area contributed by atoms with Crippen LogP contribution in [0.15, 0.2) is 0 Å². The van der Waals surface area contributed by atoms with Crippen molar-refractivity contribution in [1.29, 1.82) is 0 Å². The summed E-state index contributed by atoms with van der Waals surface area (Å²) in [5.41, 5.74) is 0.345. The molecule has 2 fully saturated rings. The fourth-order valence-electron chi connectivity index (χ4n) is 1.86. The minimum atomic E-state index is 0. The Hall–Kier alpha value is 0.170. The monoisotopic (exact) mass is 178 g/mol. The van der Waals surface area contributed by atoms with Crippen LogP contribution in [0.1, 0.15) is 6.42 Å². The lowest BCUT2D eigenvalue weighted by molar-refractivity contribution is -0.639. The van der Waals surface area contributed by atoms with Gasteiger partial charge in [0.15, 0.2) is 0 Å². The van der Waals surface area contributed by atoms with Gasteiger partial charge in [0.1, 0.15) is 0 Å². The summed E-state index contributed by atoms with van der Waals surface area (Å²) < 4.78 is 5.42. The maximum atomic E-state index is 5.42. The summed E-state index contributed by atoms with van der Waals surface area (Å²) in [6.07, 6.45) is 1.27. The number of hydrogen-bond acceptors (Lipinski definition) is 2. The van der Waals surface area contributed by atoms with Crippen molar-refractivity contribution in [2.24, 2.45) is 0 Å². The van der Waals surface area contributed by atoms with Crippen LogP contribution in [-0.4, -0.2) is 38.4 Å².